The van der Waals surface area contributed by atoms with Crippen molar-refractivity contribution < 1.29 is 19.1 Å². The Hall–Kier alpha value is -1.14. The number of carbonyl (C=O) groups excluding carboxylic acids is 2. The van der Waals surface area contributed by atoms with Crippen LogP contribution in [0.5, 0.6) is 0 Å². The van der Waals surface area contributed by atoms with Crippen LogP contribution in [0.1, 0.15) is 213 Å². The number of carbonyl (C=O) groups is 2. The molecule has 6 heteroatoms. The van der Waals surface area contributed by atoms with Crippen LogP contribution in [0.3, 0.4) is 0 Å². The Morgan fingerprint density at radius 2 is 0.653 bits per heavy atom. The van der Waals surface area contributed by atoms with E-state index in [0.717, 1.165) is 45.2 Å². The third-order valence-corrected chi connectivity index (χ3v) is 9.89. The van der Waals surface area contributed by atoms with E-state index in [1.807, 2.05) is 0 Å². The molecule has 0 bridgehead atoms. The van der Waals surface area contributed by atoms with Crippen molar-refractivity contribution in [2.75, 3.05) is 53.5 Å². The van der Waals surface area contributed by atoms with E-state index in [0.29, 0.717) is 39.1 Å². The molecule has 0 radical (unpaired) electrons. The molecule has 0 heterocycles. The van der Waals surface area contributed by atoms with Gasteiger partial charge in [-0.1, -0.05) is 181 Å². The lowest BCUT2D eigenvalue weighted by molar-refractivity contribution is -0.144. The number of hydrogen-bond acceptors (Lipinski definition) is 6. The number of esters is 2. The summed E-state index contributed by atoms with van der Waals surface area (Å²) in [5.41, 5.74) is 0. The van der Waals surface area contributed by atoms with Crippen LogP contribution in [0.2, 0.25) is 0 Å². The molecule has 6 nitrogen and oxygen atoms in total. The van der Waals surface area contributed by atoms with Gasteiger partial charge in [-0.25, -0.2) is 0 Å². The van der Waals surface area contributed by atoms with Crippen LogP contribution >= 0.6 is 0 Å². The molecule has 0 saturated carbocycles. The lowest BCUT2D eigenvalue weighted by atomic mass is 10.0. The van der Waals surface area contributed by atoms with Gasteiger partial charge in [-0.15, -0.1) is 0 Å². The third-order valence-electron chi connectivity index (χ3n) is 9.89. The summed E-state index contributed by atoms with van der Waals surface area (Å²) in [6.07, 6.45) is 39.0. The smallest absolute Gasteiger partial charge is 0.305 e. The first-order chi connectivity index (χ1) is 24.0. The largest absolute Gasteiger partial charge is 0.464 e. The Labute approximate surface area is 306 Å². The van der Waals surface area contributed by atoms with Gasteiger partial charge in [-0.05, 0) is 46.4 Å². The molecule has 0 fully saturated rings. The highest BCUT2D eigenvalue weighted by molar-refractivity contribution is 5.69. The zero-order valence-electron chi connectivity index (χ0n) is 33.7. The maximum Gasteiger partial charge on any atom is 0.305 e. The molecule has 49 heavy (non-hydrogen) atoms. The first kappa shape index (κ1) is 47.9. The van der Waals surface area contributed by atoms with E-state index in [9.17, 15) is 9.59 Å². The van der Waals surface area contributed by atoms with Crippen molar-refractivity contribution in [3.05, 3.63) is 0 Å². The maximum atomic E-state index is 12.3. The molecule has 0 rings (SSSR count). The van der Waals surface area contributed by atoms with Gasteiger partial charge in [0.05, 0.1) is 0 Å². The van der Waals surface area contributed by atoms with Crippen LogP contribution in [-0.2, 0) is 19.1 Å². The van der Waals surface area contributed by atoms with Crippen molar-refractivity contribution in [2.45, 2.75) is 213 Å². The predicted molar refractivity (Wildman–Crippen MR) is 211 cm³/mol. The molecule has 0 atom stereocenters. The fourth-order valence-corrected chi connectivity index (χ4v) is 6.60. The minimum absolute atomic E-state index is 0.0763. The SMILES string of the molecule is CCCCCCCCCCCCCCCCCCCCCC(=O)OCCN(CCCN(C)C)CCOC(=O)CCCCCCCCCCC. The highest BCUT2D eigenvalue weighted by Gasteiger charge is 2.10. The molecular weight excluding hydrogens is 608 g/mol. The van der Waals surface area contributed by atoms with E-state index in [-0.39, 0.29) is 11.9 Å². The Kier molecular flexibility index (Phi) is 38.7. The minimum atomic E-state index is -0.0813. The van der Waals surface area contributed by atoms with E-state index in [2.05, 4.69) is 37.7 Å². The topological polar surface area (TPSA) is 59.1 Å². The normalized spacial score (nSPS) is 11.6. The molecule has 0 N–H and O–H groups in total. The van der Waals surface area contributed by atoms with Crippen LogP contribution in [-0.4, -0.2) is 75.2 Å². The second-order valence-electron chi connectivity index (χ2n) is 15.1. The van der Waals surface area contributed by atoms with E-state index in [4.69, 9.17) is 9.47 Å². The Morgan fingerprint density at radius 3 is 0.939 bits per heavy atom. The average molecular weight is 695 g/mol. The number of unbranched alkanes of at least 4 members (excludes halogenated alkanes) is 26. The summed E-state index contributed by atoms with van der Waals surface area (Å²) in [4.78, 5) is 29.0. The summed E-state index contributed by atoms with van der Waals surface area (Å²) in [5, 5.41) is 0. The second-order valence-corrected chi connectivity index (χ2v) is 15.1. The molecule has 0 saturated heterocycles. The Bertz CT molecular complexity index is 687. The Balaban J connectivity index is 3.76. The van der Waals surface area contributed by atoms with Gasteiger partial charge in [0, 0.05) is 25.9 Å². The molecule has 0 unspecified atom stereocenters. The van der Waals surface area contributed by atoms with Crippen molar-refractivity contribution in [1.29, 1.82) is 0 Å². The van der Waals surface area contributed by atoms with Gasteiger partial charge < -0.3 is 14.4 Å². The molecule has 0 aromatic carbocycles. The standard InChI is InChI=1S/C43H86N2O4/c1-5-7-9-11-13-15-16-17-18-19-20-21-22-23-24-26-28-30-32-35-43(47)49-41-39-45(37-33-36-44(3)4)38-40-48-42(46)34-31-29-27-25-14-12-10-8-6-2/h5-41H2,1-4H3. The van der Waals surface area contributed by atoms with Crippen LogP contribution < -0.4 is 0 Å². The third kappa shape index (κ3) is 39.5. The van der Waals surface area contributed by atoms with E-state index < -0.39 is 0 Å². The molecule has 0 aliphatic rings. The van der Waals surface area contributed by atoms with Crippen LogP contribution in [0.25, 0.3) is 0 Å². The minimum Gasteiger partial charge on any atom is -0.464 e. The molecule has 0 aliphatic heterocycles. The summed E-state index contributed by atoms with van der Waals surface area (Å²) in [7, 11) is 4.17. The molecule has 292 valence electrons. The zero-order chi connectivity index (χ0) is 35.9. The van der Waals surface area contributed by atoms with Crippen molar-refractivity contribution in [3.8, 4) is 0 Å². The fourth-order valence-electron chi connectivity index (χ4n) is 6.60. The van der Waals surface area contributed by atoms with Crippen molar-refractivity contribution in [1.82, 2.24) is 9.80 Å². The first-order valence-corrected chi connectivity index (χ1v) is 21.7. The second kappa shape index (κ2) is 39.6. The molecule has 0 amide bonds. The number of rotatable bonds is 40. The zero-order valence-corrected chi connectivity index (χ0v) is 33.7. The van der Waals surface area contributed by atoms with Crippen molar-refractivity contribution in [3.63, 3.8) is 0 Å². The lowest BCUT2D eigenvalue weighted by Gasteiger charge is -2.23. The number of ether oxygens (including phenoxy) is 2. The predicted octanol–water partition coefficient (Wildman–Crippen LogP) is 12.1. The van der Waals surface area contributed by atoms with E-state index in [1.54, 1.807) is 0 Å². The molecule has 0 aliphatic carbocycles. The van der Waals surface area contributed by atoms with Gasteiger partial charge in [-0.2, -0.15) is 0 Å². The van der Waals surface area contributed by atoms with Gasteiger partial charge in [0.2, 0.25) is 0 Å². The monoisotopic (exact) mass is 695 g/mol. The van der Waals surface area contributed by atoms with Gasteiger partial charge in [0.1, 0.15) is 13.2 Å². The quantitative estimate of drug-likeness (QED) is 0.0470. The van der Waals surface area contributed by atoms with E-state index in [1.165, 1.54) is 154 Å². The summed E-state index contributed by atoms with van der Waals surface area (Å²) < 4.78 is 11.1. The van der Waals surface area contributed by atoms with Crippen molar-refractivity contribution >= 4 is 11.9 Å². The summed E-state index contributed by atoms with van der Waals surface area (Å²) in [6, 6.07) is 0. The van der Waals surface area contributed by atoms with Gasteiger partial charge in [-0.3, -0.25) is 14.5 Å². The van der Waals surface area contributed by atoms with E-state index >= 15 is 0 Å². The van der Waals surface area contributed by atoms with Gasteiger partial charge in [0.15, 0.2) is 0 Å². The van der Waals surface area contributed by atoms with Gasteiger partial charge in [0.25, 0.3) is 0 Å². The van der Waals surface area contributed by atoms with Crippen LogP contribution in [0, 0.1) is 0 Å². The summed E-state index contributed by atoms with van der Waals surface area (Å²) in [6.45, 7) is 8.65. The fraction of sp³-hybridized carbons (Fsp3) is 0.953. The molecular formula is C43H86N2O4. The number of nitrogens with zero attached hydrogens (tertiary/aromatic N) is 2. The summed E-state index contributed by atoms with van der Waals surface area (Å²) >= 11 is 0. The Morgan fingerprint density at radius 1 is 0.367 bits per heavy atom. The highest BCUT2D eigenvalue weighted by atomic mass is 16.5. The first-order valence-electron chi connectivity index (χ1n) is 21.7. The maximum absolute atomic E-state index is 12.3. The average Bonchev–Trinajstić information content (AvgIpc) is 3.08. The van der Waals surface area contributed by atoms with Crippen LogP contribution in [0.15, 0.2) is 0 Å². The van der Waals surface area contributed by atoms with Gasteiger partial charge >= 0.3 is 11.9 Å². The number of hydrogen-bond donors (Lipinski definition) is 0. The molecule has 0 spiro atoms. The molecule has 0 aromatic heterocycles. The summed E-state index contributed by atoms with van der Waals surface area (Å²) in [5.74, 6) is -0.158. The lowest BCUT2D eigenvalue weighted by Crippen LogP contribution is -2.34. The van der Waals surface area contributed by atoms with Crippen LogP contribution in [0.4, 0.5) is 0 Å². The molecule has 0 aromatic rings. The van der Waals surface area contributed by atoms with Crippen molar-refractivity contribution in [2.24, 2.45) is 0 Å². The highest BCUT2D eigenvalue weighted by Crippen LogP contribution is 2.15.